The van der Waals surface area contributed by atoms with E-state index < -0.39 is 0 Å². The maximum atomic E-state index is 8.81. The van der Waals surface area contributed by atoms with E-state index in [0.29, 0.717) is 24.6 Å². The van der Waals surface area contributed by atoms with E-state index in [0.717, 1.165) is 12.3 Å². The largest absolute Gasteiger partial charge is 0.462 e. The third-order valence-electron chi connectivity index (χ3n) is 2.10. The molecule has 0 bridgehead atoms. The first-order valence-electron chi connectivity index (χ1n) is 5.03. The molecule has 2 aromatic heterocycles. The van der Waals surface area contributed by atoms with Gasteiger partial charge in [0.05, 0.1) is 6.54 Å². The standard InChI is InChI=1S/C10H13N3O3/c14-6-9-2-1-8(16-9)5-11-4-3-10-12-7-15-13-10/h1-2,7,11,14H,3-6H2. The van der Waals surface area contributed by atoms with Gasteiger partial charge in [0.25, 0.3) is 0 Å². The van der Waals surface area contributed by atoms with E-state index in [4.69, 9.17) is 9.52 Å². The molecule has 0 unspecified atom stereocenters. The Morgan fingerprint density at radius 2 is 2.19 bits per heavy atom. The lowest BCUT2D eigenvalue weighted by Gasteiger charge is -1.99. The summed E-state index contributed by atoms with van der Waals surface area (Å²) in [5, 5.41) is 15.7. The molecule has 0 aliphatic carbocycles. The molecule has 2 heterocycles. The summed E-state index contributed by atoms with van der Waals surface area (Å²) in [5.74, 6) is 2.06. The van der Waals surface area contributed by atoms with Crippen LogP contribution in [0.1, 0.15) is 17.3 Å². The molecule has 16 heavy (non-hydrogen) atoms. The lowest BCUT2D eigenvalue weighted by molar-refractivity contribution is 0.243. The second-order valence-corrected chi connectivity index (χ2v) is 3.30. The number of hydrogen-bond donors (Lipinski definition) is 2. The molecule has 6 nitrogen and oxygen atoms in total. The van der Waals surface area contributed by atoms with Crippen molar-refractivity contribution in [2.75, 3.05) is 6.54 Å². The first-order chi connectivity index (χ1) is 7.88. The Labute approximate surface area is 92.3 Å². The predicted octanol–water partition coefficient (Wildman–Crippen LogP) is 0.487. The summed E-state index contributed by atoms with van der Waals surface area (Å²) in [7, 11) is 0. The van der Waals surface area contributed by atoms with Crippen LogP contribution in [0.15, 0.2) is 27.5 Å². The SMILES string of the molecule is OCc1ccc(CNCCc2ncon2)o1. The summed E-state index contributed by atoms with van der Waals surface area (Å²) < 4.78 is 9.92. The molecule has 0 aliphatic heterocycles. The van der Waals surface area contributed by atoms with Gasteiger partial charge in [0, 0.05) is 13.0 Å². The highest BCUT2D eigenvalue weighted by atomic mass is 16.5. The van der Waals surface area contributed by atoms with E-state index in [1.165, 1.54) is 6.39 Å². The van der Waals surface area contributed by atoms with Gasteiger partial charge in [0.1, 0.15) is 18.1 Å². The highest BCUT2D eigenvalue weighted by molar-refractivity contribution is 5.06. The van der Waals surface area contributed by atoms with Crippen molar-refractivity contribution in [1.29, 1.82) is 0 Å². The predicted molar refractivity (Wildman–Crippen MR) is 54.3 cm³/mol. The van der Waals surface area contributed by atoms with E-state index in [1.54, 1.807) is 6.07 Å². The van der Waals surface area contributed by atoms with Crippen LogP contribution in [0.25, 0.3) is 0 Å². The summed E-state index contributed by atoms with van der Waals surface area (Å²) >= 11 is 0. The number of aromatic nitrogens is 2. The van der Waals surface area contributed by atoms with Crippen LogP contribution in [0, 0.1) is 0 Å². The molecule has 0 amide bonds. The summed E-state index contributed by atoms with van der Waals surface area (Å²) in [6, 6.07) is 3.60. The molecular weight excluding hydrogens is 210 g/mol. The van der Waals surface area contributed by atoms with Gasteiger partial charge in [-0.3, -0.25) is 0 Å². The molecule has 0 radical (unpaired) electrons. The number of nitrogens with one attached hydrogen (secondary N) is 1. The van der Waals surface area contributed by atoms with Gasteiger partial charge < -0.3 is 19.4 Å². The van der Waals surface area contributed by atoms with Crippen molar-refractivity contribution in [2.45, 2.75) is 19.6 Å². The molecule has 0 aliphatic rings. The van der Waals surface area contributed by atoms with Gasteiger partial charge in [-0.05, 0) is 12.1 Å². The average Bonchev–Trinajstić information content (AvgIpc) is 2.95. The number of aliphatic hydroxyl groups excluding tert-OH is 1. The Hall–Kier alpha value is -1.66. The average molecular weight is 223 g/mol. The Morgan fingerprint density at radius 1 is 1.31 bits per heavy atom. The van der Waals surface area contributed by atoms with Crippen molar-refractivity contribution in [3.63, 3.8) is 0 Å². The van der Waals surface area contributed by atoms with Crippen LogP contribution in [0.3, 0.4) is 0 Å². The Balaban J connectivity index is 1.68. The smallest absolute Gasteiger partial charge is 0.213 e. The first-order valence-corrected chi connectivity index (χ1v) is 5.03. The van der Waals surface area contributed by atoms with Gasteiger partial charge in [-0.2, -0.15) is 4.98 Å². The third-order valence-corrected chi connectivity index (χ3v) is 2.10. The number of nitrogens with zero attached hydrogens (tertiary/aromatic N) is 2. The summed E-state index contributed by atoms with van der Waals surface area (Å²) in [6.07, 6.45) is 2.03. The fourth-order valence-corrected chi connectivity index (χ4v) is 1.32. The second kappa shape index (κ2) is 5.43. The number of aliphatic hydroxyl groups is 1. The minimum absolute atomic E-state index is 0.0666. The highest BCUT2D eigenvalue weighted by Crippen LogP contribution is 2.06. The zero-order valence-electron chi connectivity index (χ0n) is 8.72. The van der Waals surface area contributed by atoms with Crippen molar-refractivity contribution in [1.82, 2.24) is 15.5 Å². The normalized spacial score (nSPS) is 10.8. The molecular formula is C10H13N3O3. The van der Waals surface area contributed by atoms with Gasteiger partial charge in [-0.15, -0.1) is 0 Å². The van der Waals surface area contributed by atoms with Gasteiger partial charge in [0.2, 0.25) is 6.39 Å². The van der Waals surface area contributed by atoms with Gasteiger partial charge >= 0.3 is 0 Å². The minimum atomic E-state index is -0.0666. The summed E-state index contributed by atoms with van der Waals surface area (Å²) in [5.41, 5.74) is 0. The Morgan fingerprint density at radius 3 is 2.88 bits per heavy atom. The molecule has 6 heteroatoms. The van der Waals surface area contributed by atoms with Crippen molar-refractivity contribution in [3.8, 4) is 0 Å². The lowest BCUT2D eigenvalue weighted by Crippen LogP contribution is -2.16. The lowest BCUT2D eigenvalue weighted by atomic mass is 10.4. The van der Waals surface area contributed by atoms with E-state index in [9.17, 15) is 0 Å². The molecule has 0 fully saturated rings. The van der Waals surface area contributed by atoms with Crippen LogP contribution in [0.5, 0.6) is 0 Å². The van der Waals surface area contributed by atoms with Crippen molar-refractivity contribution in [2.24, 2.45) is 0 Å². The van der Waals surface area contributed by atoms with Crippen molar-refractivity contribution >= 4 is 0 Å². The molecule has 0 spiro atoms. The minimum Gasteiger partial charge on any atom is -0.462 e. The zero-order valence-corrected chi connectivity index (χ0v) is 8.72. The maximum Gasteiger partial charge on any atom is 0.213 e. The first kappa shape index (κ1) is 10.8. The molecule has 2 N–H and O–H groups in total. The van der Waals surface area contributed by atoms with Crippen LogP contribution >= 0.6 is 0 Å². The molecule has 2 rings (SSSR count). The highest BCUT2D eigenvalue weighted by Gasteiger charge is 2.01. The molecule has 0 saturated heterocycles. The van der Waals surface area contributed by atoms with E-state index >= 15 is 0 Å². The van der Waals surface area contributed by atoms with Crippen LogP contribution in [-0.4, -0.2) is 21.8 Å². The quantitative estimate of drug-likeness (QED) is 0.693. The van der Waals surface area contributed by atoms with E-state index in [1.807, 2.05) is 6.07 Å². The van der Waals surface area contributed by atoms with Gasteiger partial charge in [0.15, 0.2) is 5.82 Å². The van der Waals surface area contributed by atoms with E-state index in [2.05, 4.69) is 20.0 Å². The van der Waals surface area contributed by atoms with Crippen molar-refractivity contribution < 1.29 is 14.0 Å². The summed E-state index contributed by atoms with van der Waals surface area (Å²) in [4.78, 5) is 3.90. The molecule has 0 saturated carbocycles. The second-order valence-electron chi connectivity index (χ2n) is 3.30. The molecule has 0 aromatic carbocycles. The van der Waals surface area contributed by atoms with Gasteiger partial charge in [-0.1, -0.05) is 5.16 Å². The number of furan rings is 1. The Bertz CT molecular complexity index is 411. The topological polar surface area (TPSA) is 84.3 Å². The maximum absolute atomic E-state index is 8.81. The van der Waals surface area contributed by atoms with Crippen LogP contribution in [0.2, 0.25) is 0 Å². The number of hydrogen-bond acceptors (Lipinski definition) is 6. The molecule has 86 valence electrons. The summed E-state index contributed by atoms with van der Waals surface area (Å²) in [6.45, 7) is 1.30. The monoisotopic (exact) mass is 223 g/mol. The molecule has 2 aromatic rings. The van der Waals surface area contributed by atoms with Gasteiger partial charge in [-0.25, -0.2) is 0 Å². The van der Waals surface area contributed by atoms with E-state index in [-0.39, 0.29) is 6.61 Å². The third kappa shape index (κ3) is 2.91. The fourth-order valence-electron chi connectivity index (χ4n) is 1.32. The number of rotatable bonds is 6. The van der Waals surface area contributed by atoms with Crippen LogP contribution in [0.4, 0.5) is 0 Å². The zero-order chi connectivity index (χ0) is 11.2. The molecule has 0 atom stereocenters. The van der Waals surface area contributed by atoms with Crippen LogP contribution < -0.4 is 5.32 Å². The van der Waals surface area contributed by atoms with Crippen LogP contribution in [-0.2, 0) is 19.6 Å². The fraction of sp³-hybridized carbons (Fsp3) is 0.400. The Kier molecular flexibility index (Phi) is 3.68. The van der Waals surface area contributed by atoms with Crippen molar-refractivity contribution in [3.05, 3.63) is 35.9 Å².